The number of rotatable bonds is 3. The predicted molar refractivity (Wildman–Crippen MR) is 110 cm³/mol. The maximum absolute atomic E-state index is 12.7. The summed E-state index contributed by atoms with van der Waals surface area (Å²) in [5, 5.41) is 6.64. The number of thiazole rings is 1. The second-order valence-corrected chi connectivity index (χ2v) is 9.77. The summed E-state index contributed by atoms with van der Waals surface area (Å²) < 4.78 is 0. The van der Waals surface area contributed by atoms with E-state index in [1.165, 1.54) is 17.8 Å². The molecule has 1 aromatic carbocycles. The van der Waals surface area contributed by atoms with Gasteiger partial charge in [0.05, 0.1) is 10.0 Å². The van der Waals surface area contributed by atoms with E-state index >= 15 is 0 Å². The van der Waals surface area contributed by atoms with Crippen molar-refractivity contribution in [2.24, 2.45) is 17.3 Å². The van der Waals surface area contributed by atoms with Crippen LogP contribution in [0.15, 0.2) is 23.6 Å². The van der Waals surface area contributed by atoms with E-state index < -0.39 is 0 Å². The molecule has 140 valence electrons. The molecule has 0 bridgehead atoms. The number of carbonyl (C=O) groups excluding carboxylic acids is 1. The molecular formula is C20H24Cl2N2OS. The third-order valence-electron chi connectivity index (χ3n) is 5.41. The van der Waals surface area contributed by atoms with Crippen LogP contribution in [0.4, 0.5) is 0 Å². The summed E-state index contributed by atoms with van der Waals surface area (Å²) in [6.45, 7) is 9.04. The van der Waals surface area contributed by atoms with Crippen LogP contribution in [0.1, 0.15) is 51.0 Å². The first kappa shape index (κ1) is 19.7. The Bertz CT molecular complexity index is 818. The van der Waals surface area contributed by atoms with Gasteiger partial charge in [0.15, 0.2) is 0 Å². The van der Waals surface area contributed by atoms with E-state index in [1.54, 1.807) is 11.4 Å². The van der Waals surface area contributed by atoms with Crippen molar-refractivity contribution in [3.63, 3.8) is 0 Å². The van der Waals surface area contributed by atoms with E-state index in [9.17, 15) is 4.79 Å². The zero-order chi connectivity index (χ0) is 19.1. The fraction of sp³-hybridized carbons (Fsp3) is 0.500. The Balaban J connectivity index is 1.77. The summed E-state index contributed by atoms with van der Waals surface area (Å²) >= 11 is 13.8. The highest BCUT2D eigenvalue weighted by Crippen LogP contribution is 2.42. The molecule has 1 fully saturated rings. The van der Waals surface area contributed by atoms with Crippen LogP contribution in [0.3, 0.4) is 0 Å². The normalized spacial score (nSPS) is 25.1. The van der Waals surface area contributed by atoms with Crippen LogP contribution >= 0.6 is 34.5 Å². The molecule has 3 atom stereocenters. The lowest BCUT2D eigenvalue weighted by Crippen LogP contribution is -2.48. The molecule has 1 saturated carbocycles. The number of hydrogen-bond acceptors (Lipinski definition) is 3. The van der Waals surface area contributed by atoms with E-state index in [1.807, 2.05) is 12.1 Å². The van der Waals surface area contributed by atoms with Crippen molar-refractivity contribution in [1.82, 2.24) is 10.3 Å². The maximum atomic E-state index is 12.7. The molecule has 1 aliphatic rings. The second-order valence-electron chi connectivity index (χ2n) is 8.13. The zero-order valence-corrected chi connectivity index (χ0v) is 17.8. The molecular weight excluding hydrogens is 387 g/mol. The predicted octanol–water partition coefficient (Wildman–Crippen LogP) is 6.31. The lowest BCUT2D eigenvalue weighted by molar-refractivity contribution is 0.0741. The van der Waals surface area contributed by atoms with Gasteiger partial charge in [-0.15, -0.1) is 11.3 Å². The van der Waals surface area contributed by atoms with Gasteiger partial charge in [0, 0.05) is 17.0 Å². The highest BCUT2D eigenvalue weighted by atomic mass is 35.5. The third-order valence-corrected chi connectivity index (χ3v) is 7.11. The first-order valence-corrected chi connectivity index (χ1v) is 10.5. The zero-order valence-electron chi connectivity index (χ0n) is 15.5. The van der Waals surface area contributed by atoms with E-state index in [4.69, 9.17) is 23.2 Å². The number of halogens is 2. The van der Waals surface area contributed by atoms with E-state index in [-0.39, 0.29) is 17.4 Å². The van der Waals surface area contributed by atoms with Crippen molar-refractivity contribution in [3.05, 3.63) is 39.3 Å². The van der Waals surface area contributed by atoms with Crippen LogP contribution in [-0.4, -0.2) is 16.9 Å². The molecule has 1 unspecified atom stereocenters. The Morgan fingerprint density at radius 1 is 1.27 bits per heavy atom. The molecule has 0 radical (unpaired) electrons. The first-order chi connectivity index (χ1) is 12.2. The van der Waals surface area contributed by atoms with Gasteiger partial charge in [-0.2, -0.15) is 0 Å². The van der Waals surface area contributed by atoms with Crippen LogP contribution in [0.25, 0.3) is 10.6 Å². The lowest BCUT2D eigenvalue weighted by atomic mass is 9.66. The van der Waals surface area contributed by atoms with E-state index in [2.05, 4.69) is 38.0 Å². The van der Waals surface area contributed by atoms with E-state index in [0.717, 1.165) is 12.0 Å². The summed E-state index contributed by atoms with van der Waals surface area (Å²) in [6.07, 6.45) is 2.18. The summed E-state index contributed by atoms with van der Waals surface area (Å²) in [6, 6.07) is 5.60. The SMILES string of the molecule is C[C@@H]1CC(C)(C)CC(NC(=O)c2csc(-c3cccc(Cl)c3Cl)n2)[C@@H]1C. The molecule has 3 nitrogen and oxygen atoms in total. The molecule has 1 amide bonds. The maximum Gasteiger partial charge on any atom is 0.271 e. The molecule has 0 saturated heterocycles. The minimum absolute atomic E-state index is 0.118. The van der Waals surface area contributed by atoms with Gasteiger partial charge in [0.1, 0.15) is 10.7 Å². The highest BCUT2D eigenvalue weighted by Gasteiger charge is 2.38. The van der Waals surface area contributed by atoms with Gasteiger partial charge in [0.2, 0.25) is 0 Å². The standard InChI is InChI=1S/C20H24Cl2N2OS/c1-11-8-20(3,4)9-15(12(11)2)23-18(25)16-10-26-19(24-16)13-6-5-7-14(21)17(13)22/h5-7,10-12,15H,8-9H2,1-4H3,(H,23,25)/t11-,12-,15?/m1/s1. The molecule has 2 aromatic rings. The third kappa shape index (κ3) is 4.08. The second kappa shape index (κ2) is 7.49. The van der Waals surface area contributed by atoms with Crippen molar-refractivity contribution in [3.8, 4) is 10.6 Å². The van der Waals surface area contributed by atoms with Crippen LogP contribution in [-0.2, 0) is 0 Å². The van der Waals surface area contributed by atoms with Gasteiger partial charge >= 0.3 is 0 Å². The first-order valence-electron chi connectivity index (χ1n) is 8.89. The van der Waals surface area contributed by atoms with Crippen molar-refractivity contribution in [2.75, 3.05) is 0 Å². The lowest BCUT2D eigenvalue weighted by Gasteiger charge is -2.43. The highest BCUT2D eigenvalue weighted by molar-refractivity contribution is 7.13. The molecule has 1 aliphatic carbocycles. The molecule has 26 heavy (non-hydrogen) atoms. The molecule has 0 aliphatic heterocycles. The smallest absolute Gasteiger partial charge is 0.271 e. The quantitative estimate of drug-likeness (QED) is 0.643. The Labute approximate surface area is 169 Å². The van der Waals surface area contributed by atoms with Gasteiger partial charge < -0.3 is 5.32 Å². The molecule has 6 heteroatoms. The van der Waals surface area contributed by atoms with Gasteiger partial charge in [-0.1, -0.05) is 63.0 Å². The number of carbonyl (C=O) groups is 1. The average molecular weight is 411 g/mol. The summed E-state index contributed by atoms with van der Waals surface area (Å²) in [4.78, 5) is 17.2. The van der Waals surface area contributed by atoms with E-state index in [0.29, 0.717) is 32.6 Å². The number of hydrogen-bond donors (Lipinski definition) is 1. The Hall–Kier alpha value is -1.10. The van der Waals surface area contributed by atoms with Crippen molar-refractivity contribution in [2.45, 2.75) is 46.6 Å². The summed E-state index contributed by atoms with van der Waals surface area (Å²) in [5.41, 5.74) is 1.43. The molecule has 1 aromatic heterocycles. The van der Waals surface area contributed by atoms with Crippen LogP contribution in [0.2, 0.25) is 10.0 Å². The molecule has 1 heterocycles. The van der Waals surface area contributed by atoms with Gasteiger partial charge in [-0.25, -0.2) is 4.98 Å². The fourth-order valence-electron chi connectivity index (χ4n) is 3.91. The average Bonchev–Trinajstić information content (AvgIpc) is 3.04. The number of nitrogens with one attached hydrogen (secondary N) is 1. The number of aromatic nitrogens is 1. The van der Waals surface area contributed by atoms with Gasteiger partial charge in [-0.3, -0.25) is 4.79 Å². The van der Waals surface area contributed by atoms with Crippen molar-refractivity contribution in [1.29, 1.82) is 0 Å². The minimum Gasteiger partial charge on any atom is -0.348 e. The van der Waals surface area contributed by atoms with Crippen molar-refractivity contribution < 1.29 is 4.79 Å². The molecule has 1 N–H and O–H groups in total. The Morgan fingerprint density at radius 2 is 2.00 bits per heavy atom. The molecule has 0 spiro atoms. The topological polar surface area (TPSA) is 42.0 Å². The summed E-state index contributed by atoms with van der Waals surface area (Å²) in [5.74, 6) is 0.917. The monoisotopic (exact) mass is 410 g/mol. The van der Waals surface area contributed by atoms with Crippen LogP contribution in [0.5, 0.6) is 0 Å². The number of amides is 1. The van der Waals surface area contributed by atoms with Crippen LogP contribution < -0.4 is 5.32 Å². The summed E-state index contributed by atoms with van der Waals surface area (Å²) in [7, 11) is 0. The number of nitrogens with zero attached hydrogens (tertiary/aromatic N) is 1. The fourth-order valence-corrected chi connectivity index (χ4v) is 5.19. The Kier molecular flexibility index (Phi) is 5.66. The minimum atomic E-state index is -0.118. The number of benzene rings is 1. The van der Waals surface area contributed by atoms with Gasteiger partial charge in [-0.05, 0) is 36.2 Å². The Morgan fingerprint density at radius 3 is 2.73 bits per heavy atom. The van der Waals surface area contributed by atoms with Gasteiger partial charge in [0.25, 0.3) is 5.91 Å². The van der Waals surface area contributed by atoms with Crippen molar-refractivity contribution >= 4 is 40.4 Å². The van der Waals surface area contributed by atoms with Crippen LogP contribution in [0, 0.1) is 17.3 Å². The largest absolute Gasteiger partial charge is 0.348 e. The molecule has 3 rings (SSSR count).